The lowest BCUT2D eigenvalue weighted by Crippen LogP contribution is -2.52. The van der Waals surface area contributed by atoms with Gasteiger partial charge in [0, 0.05) is 36.0 Å². The molecule has 0 atom stereocenters. The van der Waals surface area contributed by atoms with E-state index in [0.29, 0.717) is 22.2 Å². The van der Waals surface area contributed by atoms with Crippen molar-refractivity contribution in [3.8, 4) is 0 Å². The summed E-state index contributed by atoms with van der Waals surface area (Å²) >= 11 is 0. The highest BCUT2D eigenvalue weighted by Gasteiger charge is 2.47. The number of nitro groups is 2. The Bertz CT molecular complexity index is 1240. The summed E-state index contributed by atoms with van der Waals surface area (Å²) in [6.45, 7) is -1.63. The first-order chi connectivity index (χ1) is 16.1. The fraction of sp³-hybridized carbons (Fsp3) is 0.222. The smallest absolute Gasteiger partial charge is 0.283 e. The van der Waals surface area contributed by atoms with Crippen molar-refractivity contribution in [2.75, 3.05) is 26.3 Å². The Morgan fingerprint density at radius 1 is 0.706 bits per heavy atom. The number of nitro benzene ring substituents is 2. The number of hydrogen-bond acceptors (Lipinski definition) is 12. The second kappa shape index (κ2) is 8.19. The van der Waals surface area contributed by atoms with Crippen LogP contribution < -0.4 is 10.9 Å². The van der Waals surface area contributed by atoms with Gasteiger partial charge in [-0.3, -0.25) is 39.4 Å². The normalized spacial score (nSPS) is 14.9. The van der Waals surface area contributed by atoms with Crippen molar-refractivity contribution in [2.24, 2.45) is 0 Å². The van der Waals surface area contributed by atoms with E-state index in [-0.39, 0.29) is 13.1 Å². The van der Waals surface area contributed by atoms with Gasteiger partial charge in [0.2, 0.25) is 0 Å². The maximum atomic E-state index is 13.1. The largest absolute Gasteiger partial charge is 0.395 e. The van der Waals surface area contributed by atoms with Crippen LogP contribution in [-0.2, 0) is 0 Å². The quantitative estimate of drug-likeness (QED) is 0.202. The highest BCUT2D eigenvalue weighted by Crippen LogP contribution is 2.44. The van der Waals surface area contributed by atoms with Crippen molar-refractivity contribution in [2.45, 2.75) is 0 Å². The second-order valence-electron chi connectivity index (χ2n) is 7.06. The van der Waals surface area contributed by atoms with E-state index >= 15 is 0 Å². The van der Waals surface area contributed by atoms with E-state index in [4.69, 9.17) is 10.2 Å². The lowest BCUT2D eigenvalue weighted by atomic mass is 9.84. The summed E-state index contributed by atoms with van der Waals surface area (Å²) in [4.78, 5) is 73.9. The van der Waals surface area contributed by atoms with Gasteiger partial charge in [-0.05, 0) is 0 Å². The highest BCUT2D eigenvalue weighted by molar-refractivity contribution is 6.35. The molecule has 4 N–H and O–H groups in total. The Hall–Kier alpha value is -4.38. The molecule has 0 aromatic heterocycles. The molecule has 2 aromatic carbocycles. The van der Waals surface area contributed by atoms with E-state index in [1.807, 2.05) is 0 Å². The van der Waals surface area contributed by atoms with E-state index in [1.165, 1.54) is 0 Å². The monoisotopic (exact) mass is 474 g/mol. The zero-order chi connectivity index (χ0) is 24.9. The number of hydrogen-bond donors (Lipinski definition) is 4. The molecular weight excluding hydrogens is 460 g/mol. The number of nitrogens with one attached hydrogen (secondary N) is 2. The predicted octanol–water partition coefficient (Wildman–Crippen LogP) is -1.16. The van der Waals surface area contributed by atoms with Gasteiger partial charge in [-0.15, -0.1) is 0 Å². The number of carbonyl (C=O) groups excluding carboxylic acids is 4. The zero-order valence-electron chi connectivity index (χ0n) is 16.9. The third kappa shape index (κ3) is 3.09. The molecule has 0 saturated heterocycles. The third-order valence-corrected chi connectivity index (χ3v) is 5.22. The standard InChI is InChI=1S/C18H14N6O10/c25-3-1-19-21-15(27)7-5-10(24(33)34)14-12-8(16(28)22(18(14)30)20-2-4-26)6-9(23(31)32)13(11(7)12)17(21)29/h5-6,19-20,25-26H,1-4H2. The predicted molar refractivity (Wildman–Crippen MR) is 108 cm³/mol. The summed E-state index contributed by atoms with van der Waals surface area (Å²) in [6.07, 6.45) is 0. The molecule has 2 heterocycles. The third-order valence-electron chi connectivity index (χ3n) is 5.22. The minimum atomic E-state index is -1.20. The molecule has 2 aliphatic heterocycles. The van der Waals surface area contributed by atoms with Gasteiger partial charge in [-0.2, -0.15) is 0 Å². The maximum Gasteiger partial charge on any atom is 0.283 e. The molecule has 0 saturated carbocycles. The zero-order valence-corrected chi connectivity index (χ0v) is 16.9. The van der Waals surface area contributed by atoms with Crippen LogP contribution in [0.5, 0.6) is 0 Å². The van der Waals surface area contributed by atoms with Crippen molar-refractivity contribution in [3.05, 3.63) is 54.6 Å². The molecule has 0 bridgehead atoms. The van der Waals surface area contributed by atoms with Crippen LogP contribution in [0.1, 0.15) is 41.4 Å². The SMILES string of the molecule is O=C1c2cc([N+](=O)[O-])c3c4c(cc([N+](=O)[O-])c(c24)C(=O)N1NCCO)C(=O)N(NCCO)C3=O. The number of hydrazine groups is 2. The summed E-state index contributed by atoms with van der Waals surface area (Å²) in [7, 11) is 0. The van der Waals surface area contributed by atoms with Crippen molar-refractivity contribution in [3.63, 3.8) is 0 Å². The van der Waals surface area contributed by atoms with E-state index in [0.717, 1.165) is 0 Å². The number of aliphatic hydroxyl groups excluding tert-OH is 2. The van der Waals surface area contributed by atoms with Gasteiger partial charge in [-0.1, -0.05) is 0 Å². The fourth-order valence-corrected chi connectivity index (χ4v) is 3.93. The number of imide groups is 2. The Morgan fingerprint density at radius 2 is 1.06 bits per heavy atom. The van der Waals surface area contributed by atoms with Crippen molar-refractivity contribution in [1.29, 1.82) is 0 Å². The molecule has 0 unspecified atom stereocenters. The minimum Gasteiger partial charge on any atom is -0.395 e. The number of carbonyl (C=O) groups is 4. The lowest BCUT2D eigenvalue weighted by Gasteiger charge is -2.31. The molecule has 176 valence electrons. The molecule has 0 spiro atoms. The van der Waals surface area contributed by atoms with E-state index in [1.54, 1.807) is 0 Å². The molecule has 0 aliphatic carbocycles. The number of aliphatic hydroxyl groups is 2. The molecule has 4 rings (SSSR count). The molecule has 16 nitrogen and oxygen atoms in total. The van der Waals surface area contributed by atoms with Gasteiger partial charge in [0.1, 0.15) is 11.1 Å². The maximum absolute atomic E-state index is 13.1. The van der Waals surface area contributed by atoms with Gasteiger partial charge in [0.05, 0.1) is 34.2 Å². The van der Waals surface area contributed by atoms with Crippen LogP contribution in [0.25, 0.3) is 10.8 Å². The van der Waals surface area contributed by atoms with Crippen LogP contribution in [0.2, 0.25) is 0 Å². The number of rotatable bonds is 8. The highest BCUT2D eigenvalue weighted by atomic mass is 16.6. The first-order valence-electron chi connectivity index (χ1n) is 9.58. The summed E-state index contributed by atoms with van der Waals surface area (Å²) < 4.78 is 0. The van der Waals surface area contributed by atoms with Gasteiger partial charge in [0.25, 0.3) is 35.0 Å². The van der Waals surface area contributed by atoms with Gasteiger partial charge in [-0.25, -0.2) is 20.9 Å². The van der Waals surface area contributed by atoms with Crippen LogP contribution in [0.4, 0.5) is 11.4 Å². The molecule has 2 aliphatic rings. The van der Waals surface area contributed by atoms with Crippen LogP contribution in [-0.4, -0.2) is 80.0 Å². The van der Waals surface area contributed by atoms with Crippen LogP contribution in [0.15, 0.2) is 12.1 Å². The number of nitrogens with zero attached hydrogens (tertiary/aromatic N) is 4. The Balaban J connectivity index is 2.16. The van der Waals surface area contributed by atoms with Crippen molar-refractivity contribution in [1.82, 2.24) is 20.9 Å². The Kier molecular flexibility index (Phi) is 5.49. The van der Waals surface area contributed by atoms with E-state index in [2.05, 4.69) is 10.9 Å². The summed E-state index contributed by atoms with van der Waals surface area (Å²) in [5.74, 6) is -4.67. The van der Waals surface area contributed by atoms with Gasteiger partial charge >= 0.3 is 0 Å². The van der Waals surface area contributed by atoms with Crippen molar-refractivity contribution < 1.29 is 39.2 Å². The van der Waals surface area contributed by atoms with Crippen LogP contribution in [0.3, 0.4) is 0 Å². The molecule has 0 radical (unpaired) electrons. The molecule has 2 aromatic rings. The van der Waals surface area contributed by atoms with Crippen LogP contribution in [0, 0.1) is 20.2 Å². The average Bonchev–Trinajstić information content (AvgIpc) is 2.80. The molecule has 0 fully saturated rings. The topological polar surface area (TPSA) is 226 Å². The van der Waals surface area contributed by atoms with Crippen LogP contribution >= 0.6 is 0 Å². The molecule has 34 heavy (non-hydrogen) atoms. The first kappa shape index (κ1) is 22.8. The second-order valence-corrected chi connectivity index (χ2v) is 7.06. The van der Waals surface area contributed by atoms with E-state index in [9.17, 15) is 39.4 Å². The Labute approximate surface area is 187 Å². The number of amides is 4. The lowest BCUT2D eigenvalue weighted by molar-refractivity contribution is -0.385. The van der Waals surface area contributed by atoms with Gasteiger partial charge in [0.15, 0.2) is 0 Å². The fourth-order valence-electron chi connectivity index (χ4n) is 3.93. The van der Waals surface area contributed by atoms with E-state index < -0.39 is 91.1 Å². The van der Waals surface area contributed by atoms with Gasteiger partial charge < -0.3 is 10.2 Å². The van der Waals surface area contributed by atoms with Crippen molar-refractivity contribution >= 4 is 45.8 Å². The minimum absolute atomic E-state index is 0.301. The summed E-state index contributed by atoms with van der Waals surface area (Å²) in [6, 6.07) is 1.41. The average molecular weight is 474 g/mol. The molecular formula is C18H14N6O10. The molecule has 16 heteroatoms. The Morgan fingerprint density at radius 3 is 1.35 bits per heavy atom. The molecule has 4 amide bonds. The summed E-state index contributed by atoms with van der Waals surface area (Å²) in [5.41, 5.74) is 0.482. The summed E-state index contributed by atoms with van der Waals surface area (Å²) in [5, 5.41) is 41.5. The number of benzene rings is 2. The first-order valence-corrected chi connectivity index (χ1v) is 9.58.